The zero-order valence-corrected chi connectivity index (χ0v) is 30.9. The predicted molar refractivity (Wildman–Crippen MR) is 198 cm³/mol. The van der Waals surface area contributed by atoms with Crippen LogP contribution in [0.15, 0.2) is 212 Å². The van der Waals surface area contributed by atoms with Gasteiger partial charge in [-0.2, -0.15) is 0 Å². The van der Waals surface area contributed by atoms with Crippen molar-refractivity contribution < 1.29 is 9.22 Å². The van der Waals surface area contributed by atoms with Crippen molar-refractivity contribution in [3.05, 3.63) is 212 Å². The minimum absolute atomic E-state index is 0.767. The van der Waals surface area contributed by atoms with E-state index in [9.17, 15) is 0 Å². The third-order valence-corrected chi connectivity index (χ3v) is 21.2. The summed E-state index contributed by atoms with van der Waals surface area (Å²) in [6, 6.07) is 73.2. The van der Waals surface area contributed by atoms with E-state index in [4.69, 9.17) is 9.22 Å². The monoisotopic (exact) mass is 783 g/mol. The molecule has 7 aromatic carbocycles. The van der Waals surface area contributed by atoms with Crippen LogP contribution in [0.25, 0.3) is 0 Å². The summed E-state index contributed by atoms with van der Waals surface area (Å²) in [6.45, 7) is 0. The summed E-state index contributed by atoms with van der Waals surface area (Å²) in [4.78, 5) is 0. The van der Waals surface area contributed by atoms with Gasteiger partial charge < -0.3 is 0 Å². The van der Waals surface area contributed by atoms with Crippen LogP contribution in [0.3, 0.4) is 0 Å². The Bertz CT molecular complexity index is 1620. The molecule has 0 aliphatic heterocycles. The molecule has 0 unspecified atom stereocenters. The summed E-state index contributed by atoms with van der Waals surface area (Å²) in [5.41, 5.74) is 0. The van der Waals surface area contributed by atoms with Crippen LogP contribution in [0.5, 0.6) is 17.2 Å². The van der Waals surface area contributed by atoms with E-state index in [-0.39, 0.29) is 0 Å². The molecular formula is C42H36AsO3Sn. The van der Waals surface area contributed by atoms with Crippen LogP contribution in [0, 0.1) is 0 Å². The molecule has 0 saturated heterocycles. The molecule has 5 heteroatoms. The van der Waals surface area contributed by atoms with Gasteiger partial charge in [-0.15, -0.1) is 0 Å². The summed E-state index contributed by atoms with van der Waals surface area (Å²) in [6.07, 6.45) is 0. The number of hydrogen-bond acceptors (Lipinski definition) is 3. The number of benzene rings is 7. The van der Waals surface area contributed by atoms with E-state index in [2.05, 4.69) is 121 Å². The van der Waals surface area contributed by atoms with Gasteiger partial charge in [0, 0.05) is 0 Å². The first-order chi connectivity index (χ1) is 23.3. The van der Waals surface area contributed by atoms with Crippen molar-refractivity contribution in [3.8, 4) is 17.2 Å². The molecule has 0 aliphatic carbocycles. The topological polar surface area (TPSA) is 27.7 Å². The van der Waals surface area contributed by atoms with Crippen molar-refractivity contribution >= 4 is 52.0 Å². The van der Waals surface area contributed by atoms with Crippen molar-refractivity contribution in [1.29, 1.82) is 0 Å². The van der Waals surface area contributed by atoms with Crippen molar-refractivity contribution in [2.45, 2.75) is 0 Å². The molecule has 0 aliphatic rings. The summed E-state index contributed by atoms with van der Waals surface area (Å²) < 4.78 is 23.8. The quantitative estimate of drug-likeness (QED) is 0.140. The van der Waals surface area contributed by atoms with E-state index in [1.54, 1.807) is 0 Å². The SMILES string of the molecule is c1ccc([AsH](c2ccccc2)(c2ccccc2)c2ccccc2)cc1.c1ccc([O][Sn]([O]c2ccccc2)[O]c2ccccc2)cc1. The van der Waals surface area contributed by atoms with Gasteiger partial charge in [0.25, 0.3) is 0 Å². The normalized spacial score (nSPS) is 11.1. The molecule has 7 rings (SSSR count). The molecule has 0 spiro atoms. The third-order valence-electron chi connectivity index (χ3n) is 7.66. The van der Waals surface area contributed by atoms with Gasteiger partial charge in [0.05, 0.1) is 0 Å². The standard InChI is InChI=1S/C24H21As.3C6H6O.Sn/c1-5-13-21(14-6-1)25(22-15-7-2-8-16-22,23-17-9-3-10-18-23)24-19-11-4-12-20-24;3*7-6-4-2-1-3-5-6;/h1-20,25H;3*1-5,7H;/q;;;;+3/p-3. The fourth-order valence-electron chi connectivity index (χ4n) is 5.57. The van der Waals surface area contributed by atoms with Crippen LogP contribution < -0.4 is 26.6 Å². The molecule has 0 saturated carbocycles. The van der Waals surface area contributed by atoms with Crippen LogP contribution in [0.4, 0.5) is 0 Å². The van der Waals surface area contributed by atoms with Crippen LogP contribution in [0.1, 0.15) is 0 Å². The minimum atomic E-state index is -3.06. The van der Waals surface area contributed by atoms with Gasteiger partial charge in [0.2, 0.25) is 0 Å². The molecule has 0 bridgehead atoms. The maximum absolute atomic E-state index is 5.97. The molecular weight excluding hydrogens is 746 g/mol. The molecule has 3 nitrogen and oxygen atoms in total. The van der Waals surface area contributed by atoms with Gasteiger partial charge >= 0.3 is 291 Å². The van der Waals surface area contributed by atoms with Crippen LogP contribution in [0.2, 0.25) is 0 Å². The second kappa shape index (κ2) is 16.7. The molecule has 0 atom stereocenters. The molecule has 47 heavy (non-hydrogen) atoms. The van der Waals surface area contributed by atoms with Crippen LogP contribution in [-0.2, 0) is 0 Å². The Morgan fingerprint density at radius 1 is 0.255 bits per heavy atom. The van der Waals surface area contributed by atoms with Crippen molar-refractivity contribution in [2.24, 2.45) is 0 Å². The number of hydrogen-bond donors (Lipinski definition) is 0. The summed E-state index contributed by atoms with van der Waals surface area (Å²) in [5.74, 6) is 2.30. The first-order valence-electron chi connectivity index (χ1n) is 15.6. The molecule has 0 heterocycles. The van der Waals surface area contributed by atoms with Gasteiger partial charge in [-0.3, -0.25) is 0 Å². The van der Waals surface area contributed by atoms with E-state index >= 15 is 0 Å². The van der Waals surface area contributed by atoms with Gasteiger partial charge in [0.1, 0.15) is 0 Å². The summed E-state index contributed by atoms with van der Waals surface area (Å²) in [7, 11) is 0. The fourth-order valence-corrected chi connectivity index (χ4v) is 18.7. The second-order valence-corrected chi connectivity index (χ2v) is 21.9. The Morgan fingerprint density at radius 2 is 0.447 bits per heavy atom. The number of para-hydroxylation sites is 3. The molecule has 1 radical (unpaired) electrons. The van der Waals surface area contributed by atoms with E-state index in [1.807, 2.05) is 91.0 Å². The van der Waals surface area contributed by atoms with Crippen molar-refractivity contribution in [2.75, 3.05) is 0 Å². The van der Waals surface area contributed by atoms with Gasteiger partial charge in [-0.1, -0.05) is 0 Å². The van der Waals surface area contributed by atoms with Crippen LogP contribution in [-0.4, -0.2) is 34.6 Å². The molecule has 0 fully saturated rings. The predicted octanol–water partition coefficient (Wildman–Crippen LogP) is 7.00. The molecule has 0 amide bonds. The first-order valence-corrected chi connectivity index (χ1v) is 23.3. The van der Waals surface area contributed by atoms with Gasteiger partial charge in [-0.25, -0.2) is 0 Å². The van der Waals surface area contributed by atoms with E-state index in [0.717, 1.165) is 17.2 Å². The van der Waals surface area contributed by atoms with Crippen molar-refractivity contribution in [1.82, 2.24) is 0 Å². The Morgan fingerprint density at radius 3 is 0.660 bits per heavy atom. The molecule has 0 aromatic heterocycles. The third kappa shape index (κ3) is 8.37. The maximum atomic E-state index is 5.97. The average molecular weight is 782 g/mol. The Hall–Kier alpha value is -4.70. The zero-order valence-electron chi connectivity index (χ0n) is 25.9. The van der Waals surface area contributed by atoms with Gasteiger partial charge in [0.15, 0.2) is 0 Å². The Balaban J connectivity index is 0.000000166. The van der Waals surface area contributed by atoms with E-state index in [0.29, 0.717) is 0 Å². The number of rotatable bonds is 10. The second-order valence-electron chi connectivity index (χ2n) is 10.7. The molecule has 7 aromatic rings. The molecule has 0 N–H and O–H groups in total. The Kier molecular flexibility index (Phi) is 11.5. The summed E-state index contributed by atoms with van der Waals surface area (Å²) >= 11 is -6.05. The van der Waals surface area contributed by atoms with E-state index < -0.39 is 34.6 Å². The van der Waals surface area contributed by atoms with Crippen molar-refractivity contribution in [3.63, 3.8) is 0 Å². The molecule has 231 valence electrons. The summed E-state index contributed by atoms with van der Waals surface area (Å²) in [5, 5.41) is 0. The van der Waals surface area contributed by atoms with Gasteiger partial charge in [-0.05, 0) is 0 Å². The average Bonchev–Trinajstić information content (AvgIpc) is 3.15. The first kappa shape index (κ1) is 32.2. The van der Waals surface area contributed by atoms with Crippen LogP contribution >= 0.6 is 0 Å². The Labute approximate surface area is 288 Å². The fraction of sp³-hybridized carbons (Fsp3) is 0. The van der Waals surface area contributed by atoms with E-state index in [1.165, 1.54) is 17.4 Å². The zero-order chi connectivity index (χ0) is 32.0.